The molecule has 5 N–H and O–H groups in total. The first-order valence-corrected chi connectivity index (χ1v) is 8.52. The highest BCUT2D eigenvalue weighted by Gasteiger charge is 2.29. The van der Waals surface area contributed by atoms with Gasteiger partial charge in [0.15, 0.2) is 0 Å². The van der Waals surface area contributed by atoms with Crippen LogP contribution in [0, 0.1) is 5.92 Å². The van der Waals surface area contributed by atoms with Gasteiger partial charge in [-0.3, -0.25) is 4.79 Å². The molecule has 1 saturated carbocycles. The molecule has 1 aromatic heterocycles. The van der Waals surface area contributed by atoms with Gasteiger partial charge < -0.3 is 16.0 Å². The number of amides is 1. The Kier molecular flexibility index (Phi) is 4.70. The van der Waals surface area contributed by atoms with Crippen molar-refractivity contribution in [3.05, 3.63) is 18.0 Å². The van der Waals surface area contributed by atoms with Gasteiger partial charge in [0.1, 0.15) is 10.6 Å². The highest BCUT2D eigenvalue weighted by atomic mass is 32.2. The van der Waals surface area contributed by atoms with E-state index in [-0.39, 0.29) is 29.1 Å². The van der Waals surface area contributed by atoms with E-state index in [1.807, 2.05) is 0 Å². The maximum absolute atomic E-state index is 12.4. The molecule has 1 unspecified atom stereocenters. The molecule has 8 heteroatoms. The number of rotatable bonds is 6. The molecule has 0 spiro atoms. The fourth-order valence-electron chi connectivity index (χ4n) is 2.89. The summed E-state index contributed by atoms with van der Waals surface area (Å²) in [7, 11) is -2.12. The number of carbonyl (C=O) groups excluding carboxylic acids is 1. The maximum Gasteiger partial charge on any atom is 0.265 e. The molecule has 7 nitrogen and oxygen atoms in total. The van der Waals surface area contributed by atoms with Crippen LogP contribution in [0.25, 0.3) is 0 Å². The molecule has 0 bridgehead atoms. The van der Waals surface area contributed by atoms with Crippen molar-refractivity contribution < 1.29 is 13.2 Å². The Morgan fingerprint density at radius 3 is 2.57 bits per heavy atom. The molecule has 1 fully saturated rings. The molecular weight excluding hydrogens is 292 g/mol. The number of carbonyl (C=O) groups is 1. The van der Waals surface area contributed by atoms with Crippen molar-refractivity contribution in [3.8, 4) is 0 Å². The number of nitrogens with zero attached hydrogens (tertiary/aromatic N) is 1. The number of hydrogen-bond donors (Lipinski definition) is 3. The monoisotopic (exact) mass is 314 g/mol. The molecule has 0 radical (unpaired) electrons. The van der Waals surface area contributed by atoms with Gasteiger partial charge >= 0.3 is 0 Å². The number of aromatic nitrogens is 1. The number of sulfonamides is 1. The second-order valence-electron chi connectivity index (χ2n) is 5.54. The van der Waals surface area contributed by atoms with Crippen LogP contribution in [0.2, 0.25) is 0 Å². The van der Waals surface area contributed by atoms with Crippen molar-refractivity contribution in [1.82, 2.24) is 9.29 Å². The van der Waals surface area contributed by atoms with Crippen molar-refractivity contribution in [1.29, 1.82) is 0 Å². The zero-order valence-electron chi connectivity index (χ0n) is 12.1. The fraction of sp³-hybridized carbons (Fsp3) is 0.615. The minimum absolute atomic E-state index is 0.0373. The van der Waals surface area contributed by atoms with Gasteiger partial charge in [0, 0.05) is 25.8 Å². The van der Waals surface area contributed by atoms with Crippen LogP contribution in [0.15, 0.2) is 17.2 Å². The quantitative estimate of drug-likeness (QED) is 0.680. The SMILES string of the molecule is Cn1cc(S(=O)(=O)NC(CN)C2CCCC2)cc1C(N)=O. The Labute approximate surface area is 124 Å². The molecule has 1 aliphatic rings. The van der Waals surface area contributed by atoms with Crippen molar-refractivity contribution in [2.75, 3.05) is 6.54 Å². The van der Waals surface area contributed by atoms with Gasteiger partial charge in [-0.15, -0.1) is 0 Å². The molecule has 1 aromatic rings. The highest BCUT2D eigenvalue weighted by Crippen LogP contribution is 2.28. The van der Waals surface area contributed by atoms with Crippen LogP contribution in [-0.2, 0) is 17.1 Å². The fourth-order valence-corrected chi connectivity index (χ4v) is 4.28. The Balaban J connectivity index is 2.20. The van der Waals surface area contributed by atoms with Crippen LogP contribution in [-0.4, -0.2) is 31.5 Å². The third kappa shape index (κ3) is 3.45. The normalized spacial score (nSPS) is 18.0. The van der Waals surface area contributed by atoms with E-state index >= 15 is 0 Å². The standard InChI is InChI=1S/C13H22N4O3S/c1-17-8-10(6-12(17)13(15)18)21(19,20)16-11(7-14)9-4-2-3-5-9/h6,8-9,11,16H,2-5,7,14H2,1H3,(H2,15,18). The lowest BCUT2D eigenvalue weighted by Crippen LogP contribution is -2.44. The molecule has 2 rings (SSSR count). The van der Waals surface area contributed by atoms with Crippen LogP contribution in [0.4, 0.5) is 0 Å². The minimum atomic E-state index is -3.70. The minimum Gasteiger partial charge on any atom is -0.364 e. The Hall–Kier alpha value is -1.38. The lowest BCUT2D eigenvalue weighted by atomic mass is 9.99. The van der Waals surface area contributed by atoms with Crippen molar-refractivity contribution in [2.24, 2.45) is 24.4 Å². The summed E-state index contributed by atoms with van der Waals surface area (Å²) in [4.78, 5) is 11.3. The van der Waals surface area contributed by atoms with Gasteiger partial charge in [-0.25, -0.2) is 13.1 Å². The van der Waals surface area contributed by atoms with E-state index < -0.39 is 15.9 Å². The van der Waals surface area contributed by atoms with Gasteiger partial charge in [-0.05, 0) is 24.8 Å². The summed E-state index contributed by atoms with van der Waals surface area (Å²) in [6.07, 6.45) is 5.59. The van der Waals surface area contributed by atoms with Gasteiger partial charge in [-0.1, -0.05) is 12.8 Å². The Morgan fingerprint density at radius 2 is 2.10 bits per heavy atom. The molecule has 1 atom stereocenters. The molecule has 1 amide bonds. The third-order valence-corrected chi connectivity index (χ3v) is 5.53. The zero-order valence-corrected chi connectivity index (χ0v) is 12.9. The van der Waals surface area contributed by atoms with Crippen molar-refractivity contribution >= 4 is 15.9 Å². The van der Waals surface area contributed by atoms with E-state index in [0.29, 0.717) is 0 Å². The van der Waals surface area contributed by atoms with Crippen LogP contribution >= 0.6 is 0 Å². The van der Waals surface area contributed by atoms with Crippen LogP contribution in [0.5, 0.6) is 0 Å². The van der Waals surface area contributed by atoms with Gasteiger partial charge in [0.25, 0.3) is 5.91 Å². The summed E-state index contributed by atoms with van der Waals surface area (Å²) in [5.41, 5.74) is 11.1. The molecule has 0 aliphatic heterocycles. The average molecular weight is 314 g/mol. The number of hydrogen-bond acceptors (Lipinski definition) is 4. The summed E-state index contributed by atoms with van der Waals surface area (Å²) in [5, 5.41) is 0. The summed E-state index contributed by atoms with van der Waals surface area (Å²) >= 11 is 0. The van der Waals surface area contributed by atoms with Gasteiger partial charge in [0.05, 0.1) is 0 Å². The molecule has 0 saturated heterocycles. The first-order chi connectivity index (χ1) is 9.85. The Bertz CT molecular complexity index is 617. The van der Waals surface area contributed by atoms with E-state index in [0.717, 1.165) is 25.7 Å². The lowest BCUT2D eigenvalue weighted by Gasteiger charge is -2.22. The van der Waals surface area contributed by atoms with E-state index in [4.69, 9.17) is 11.5 Å². The first-order valence-electron chi connectivity index (χ1n) is 7.03. The van der Waals surface area contributed by atoms with Gasteiger partial charge in [-0.2, -0.15) is 0 Å². The second kappa shape index (κ2) is 6.17. The number of nitrogens with two attached hydrogens (primary N) is 2. The topological polar surface area (TPSA) is 120 Å². The summed E-state index contributed by atoms with van der Waals surface area (Å²) in [6, 6.07) is 1.02. The number of nitrogens with one attached hydrogen (secondary N) is 1. The molecular formula is C13H22N4O3S. The molecule has 21 heavy (non-hydrogen) atoms. The molecule has 1 aliphatic carbocycles. The largest absolute Gasteiger partial charge is 0.364 e. The molecule has 0 aromatic carbocycles. The maximum atomic E-state index is 12.4. The van der Waals surface area contributed by atoms with Crippen LogP contribution in [0.1, 0.15) is 36.2 Å². The summed E-state index contributed by atoms with van der Waals surface area (Å²) in [5.74, 6) is -0.380. The number of primary amides is 1. The zero-order chi connectivity index (χ0) is 15.6. The summed E-state index contributed by atoms with van der Waals surface area (Å²) in [6.45, 7) is 0.263. The molecule has 118 valence electrons. The number of aryl methyl sites for hydroxylation is 1. The Morgan fingerprint density at radius 1 is 1.48 bits per heavy atom. The van der Waals surface area contributed by atoms with Gasteiger partial charge in [0.2, 0.25) is 10.0 Å². The average Bonchev–Trinajstić information content (AvgIpc) is 3.05. The van der Waals surface area contributed by atoms with E-state index in [9.17, 15) is 13.2 Å². The summed E-state index contributed by atoms with van der Waals surface area (Å²) < 4.78 is 28.9. The second-order valence-corrected chi connectivity index (χ2v) is 7.26. The van der Waals surface area contributed by atoms with E-state index in [2.05, 4.69) is 4.72 Å². The smallest absolute Gasteiger partial charge is 0.265 e. The highest BCUT2D eigenvalue weighted by molar-refractivity contribution is 7.89. The lowest BCUT2D eigenvalue weighted by molar-refractivity contribution is 0.0992. The first kappa shape index (κ1) is 16.0. The van der Waals surface area contributed by atoms with Crippen molar-refractivity contribution in [3.63, 3.8) is 0 Å². The van der Waals surface area contributed by atoms with Crippen LogP contribution < -0.4 is 16.2 Å². The van der Waals surface area contributed by atoms with E-state index in [1.54, 1.807) is 7.05 Å². The van der Waals surface area contributed by atoms with Crippen molar-refractivity contribution in [2.45, 2.75) is 36.6 Å². The van der Waals surface area contributed by atoms with E-state index in [1.165, 1.54) is 16.8 Å². The molecule has 1 heterocycles. The predicted molar refractivity (Wildman–Crippen MR) is 79.1 cm³/mol. The van der Waals surface area contributed by atoms with Crippen LogP contribution in [0.3, 0.4) is 0 Å². The third-order valence-electron chi connectivity index (χ3n) is 4.07. The predicted octanol–water partition coefficient (Wildman–Crippen LogP) is -0.0802.